The summed E-state index contributed by atoms with van der Waals surface area (Å²) in [7, 11) is 0. The summed E-state index contributed by atoms with van der Waals surface area (Å²) in [5.74, 6) is -0.0856. The zero-order valence-electron chi connectivity index (χ0n) is 7.11. The maximum atomic E-state index is 10.9. The van der Waals surface area contributed by atoms with Crippen LogP contribution in [0.3, 0.4) is 0 Å². The maximum absolute atomic E-state index is 10.9. The van der Waals surface area contributed by atoms with Gasteiger partial charge >= 0.3 is 0 Å². The van der Waals surface area contributed by atoms with E-state index in [9.17, 15) is 4.79 Å². The van der Waals surface area contributed by atoms with Gasteiger partial charge in [-0.3, -0.25) is 4.79 Å². The van der Waals surface area contributed by atoms with Crippen molar-refractivity contribution in [2.45, 2.75) is 20.0 Å². The molecule has 0 aliphatic carbocycles. The zero-order chi connectivity index (χ0) is 9.14. The summed E-state index contributed by atoms with van der Waals surface area (Å²) in [4.78, 5) is 14.8. The van der Waals surface area contributed by atoms with Crippen molar-refractivity contribution in [2.24, 2.45) is 0 Å². The molecular weight excluding hydrogens is 154 g/mol. The van der Waals surface area contributed by atoms with Crippen molar-refractivity contribution in [2.75, 3.05) is 0 Å². The molecule has 0 radical (unpaired) electrons. The van der Waals surface area contributed by atoms with Gasteiger partial charge in [-0.2, -0.15) is 0 Å². The van der Waals surface area contributed by atoms with Gasteiger partial charge in [0.05, 0.1) is 11.8 Å². The van der Waals surface area contributed by atoms with Crippen LogP contribution in [0, 0.1) is 0 Å². The Balaban J connectivity index is 3.04. The smallest absolute Gasteiger partial charge is 0.178 e. The summed E-state index contributed by atoms with van der Waals surface area (Å²) in [6.45, 7) is 3.07. The summed E-state index contributed by atoms with van der Waals surface area (Å²) in [5, 5.41) is 9.16. The summed E-state index contributed by atoms with van der Waals surface area (Å²) in [5.41, 5.74) is 0.927. The molecule has 1 atom stereocenters. The minimum absolute atomic E-state index is 0.0856. The van der Waals surface area contributed by atoms with E-state index in [1.807, 2.05) is 0 Å². The molecule has 1 aromatic heterocycles. The maximum Gasteiger partial charge on any atom is 0.178 e. The largest absolute Gasteiger partial charge is 0.387 e. The minimum atomic E-state index is -0.621. The van der Waals surface area contributed by atoms with E-state index in [0.29, 0.717) is 11.4 Å². The molecule has 12 heavy (non-hydrogen) atoms. The number of carbonyl (C=O) groups excluding carboxylic acids is 1. The van der Waals surface area contributed by atoms with Gasteiger partial charge in [-0.15, -0.1) is 0 Å². The third-order valence-corrected chi connectivity index (χ3v) is 1.56. The monoisotopic (exact) mass is 165 g/mol. The standard InChI is InChI=1S/C9H11NO2/c1-6(11)8-4-3-5-9(10-8)7(2)12/h3-6,11H,1-2H3/t6-/m1/s1. The van der Waals surface area contributed by atoms with Crippen LogP contribution in [0.15, 0.2) is 18.2 Å². The Morgan fingerprint density at radius 1 is 1.58 bits per heavy atom. The van der Waals surface area contributed by atoms with E-state index < -0.39 is 6.10 Å². The van der Waals surface area contributed by atoms with Crippen LogP contribution < -0.4 is 0 Å². The number of aromatic nitrogens is 1. The van der Waals surface area contributed by atoms with Crippen molar-refractivity contribution in [3.63, 3.8) is 0 Å². The van der Waals surface area contributed by atoms with Crippen LogP contribution in [0.25, 0.3) is 0 Å². The number of pyridine rings is 1. The Bertz CT molecular complexity index is 294. The number of hydrogen-bond acceptors (Lipinski definition) is 3. The highest BCUT2D eigenvalue weighted by Gasteiger charge is 2.05. The van der Waals surface area contributed by atoms with Gasteiger partial charge in [-0.05, 0) is 19.1 Å². The highest BCUT2D eigenvalue weighted by Crippen LogP contribution is 2.09. The lowest BCUT2D eigenvalue weighted by Gasteiger charge is -2.03. The molecule has 3 nitrogen and oxygen atoms in total. The second-order valence-electron chi connectivity index (χ2n) is 2.68. The Hall–Kier alpha value is -1.22. The molecule has 0 aromatic carbocycles. The van der Waals surface area contributed by atoms with Crippen molar-refractivity contribution in [3.8, 4) is 0 Å². The molecule has 1 N–H and O–H groups in total. The van der Waals surface area contributed by atoms with Crippen molar-refractivity contribution < 1.29 is 9.90 Å². The third kappa shape index (κ3) is 1.89. The molecule has 0 aliphatic rings. The lowest BCUT2D eigenvalue weighted by Crippen LogP contribution is -2.02. The summed E-state index contributed by atoms with van der Waals surface area (Å²) in [6.07, 6.45) is -0.621. The number of aliphatic hydroxyl groups is 1. The normalized spacial score (nSPS) is 12.6. The van der Waals surface area contributed by atoms with Gasteiger partial charge in [-0.25, -0.2) is 4.98 Å². The number of ketones is 1. The number of rotatable bonds is 2. The molecule has 0 unspecified atom stereocenters. The van der Waals surface area contributed by atoms with E-state index in [-0.39, 0.29) is 5.78 Å². The van der Waals surface area contributed by atoms with Gasteiger partial charge in [0.2, 0.25) is 0 Å². The predicted molar refractivity (Wildman–Crippen MR) is 44.9 cm³/mol. The number of Topliss-reactive ketones (excluding diaryl/α,β-unsaturated/α-hetero) is 1. The van der Waals surface area contributed by atoms with Crippen LogP contribution in [-0.4, -0.2) is 15.9 Å². The fourth-order valence-corrected chi connectivity index (χ4v) is 0.880. The Morgan fingerprint density at radius 2 is 2.25 bits per heavy atom. The fourth-order valence-electron chi connectivity index (χ4n) is 0.880. The van der Waals surface area contributed by atoms with E-state index in [2.05, 4.69) is 4.98 Å². The molecule has 64 valence electrons. The van der Waals surface area contributed by atoms with Gasteiger partial charge in [0.1, 0.15) is 5.69 Å². The molecule has 0 saturated heterocycles. The fraction of sp³-hybridized carbons (Fsp3) is 0.333. The lowest BCUT2D eigenvalue weighted by molar-refractivity contribution is 0.101. The highest BCUT2D eigenvalue weighted by atomic mass is 16.3. The van der Waals surface area contributed by atoms with Gasteiger partial charge in [0.15, 0.2) is 5.78 Å². The second-order valence-corrected chi connectivity index (χ2v) is 2.68. The van der Waals surface area contributed by atoms with Crippen LogP contribution in [0.1, 0.15) is 36.1 Å². The summed E-state index contributed by atoms with van der Waals surface area (Å²) >= 11 is 0. The molecule has 0 fully saturated rings. The van der Waals surface area contributed by atoms with Crippen LogP contribution in [0.4, 0.5) is 0 Å². The lowest BCUT2D eigenvalue weighted by atomic mass is 10.2. The zero-order valence-corrected chi connectivity index (χ0v) is 7.11. The number of carbonyl (C=O) groups is 1. The number of nitrogens with zero attached hydrogens (tertiary/aromatic N) is 1. The van der Waals surface area contributed by atoms with Crippen LogP contribution in [0.5, 0.6) is 0 Å². The van der Waals surface area contributed by atoms with E-state index in [1.54, 1.807) is 25.1 Å². The van der Waals surface area contributed by atoms with Gasteiger partial charge in [0.25, 0.3) is 0 Å². The molecule has 1 aromatic rings. The van der Waals surface area contributed by atoms with Crippen molar-refractivity contribution in [3.05, 3.63) is 29.6 Å². The first-order valence-corrected chi connectivity index (χ1v) is 3.77. The highest BCUT2D eigenvalue weighted by molar-refractivity contribution is 5.92. The molecule has 3 heteroatoms. The Labute approximate surface area is 71.1 Å². The minimum Gasteiger partial charge on any atom is -0.387 e. The average Bonchev–Trinajstić information content (AvgIpc) is 2.04. The summed E-state index contributed by atoms with van der Waals surface area (Å²) < 4.78 is 0. The molecule has 0 bridgehead atoms. The quantitative estimate of drug-likeness (QED) is 0.673. The number of aliphatic hydroxyl groups excluding tert-OH is 1. The van der Waals surface area contributed by atoms with Crippen LogP contribution in [0.2, 0.25) is 0 Å². The van der Waals surface area contributed by atoms with Gasteiger partial charge < -0.3 is 5.11 Å². The van der Waals surface area contributed by atoms with Crippen molar-refractivity contribution in [1.82, 2.24) is 4.98 Å². The third-order valence-electron chi connectivity index (χ3n) is 1.56. The molecule has 1 heterocycles. The second kappa shape index (κ2) is 3.45. The first-order chi connectivity index (χ1) is 5.61. The van der Waals surface area contributed by atoms with Crippen molar-refractivity contribution in [1.29, 1.82) is 0 Å². The van der Waals surface area contributed by atoms with Crippen LogP contribution >= 0.6 is 0 Å². The first-order valence-electron chi connectivity index (χ1n) is 3.77. The van der Waals surface area contributed by atoms with Gasteiger partial charge in [0, 0.05) is 6.92 Å². The molecule has 0 aliphatic heterocycles. The van der Waals surface area contributed by atoms with Crippen LogP contribution in [-0.2, 0) is 0 Å². The van der Waals surface area contributed by atoms with E-state index in [1.165, 1.54) is 6.92 Å². The average molecular weight is 165 g/mol. The Morgan fingerprint density at radius 3 is 2.75 bits per heavy atom. The topological polar surface area (TPSA) is 50.2 Å². The Kier molecular flexibility index (Phi) is 2.55. The van der Waals surface area contributed by atoms with E-state index >= 15 is 0 Å². The molecule has 0 saturated carbocycles. The van der Waals surface area contributed by atoms with Crippen molar-refractivity contribution >= 4 is 5.78 Å². The van der Waals surface area contributed by atoms with Gasteiger partial charge in [-0.1, -0.05) is 6.07 Å². The molecule has 0 amide bonds. The predicted octanol–water partition coefficient (Wildman–Crippen LogP) is 1.34. The molecular formula is C9H11NO2. The first kappa shape index (κ1) is 8.87. The molecule has 0 spiro atoms. The van der Waals surface area contributed by atoms with E-state index in [4.69, 9.17) is 5.11 Å². The summed E-state index contributed by atoms with van der Waals surface area (Å²) in [6, 6.07) is 5.04. The van der Waals surface area contributed by atoms with E-state index in [0.717, 1.165) is 0 Å². The number of hydrogen-bond donors (Lipinski definition) is 1. The molecule has 1 rings (SSSR count). The SMILES string of the molecule is CC(=O)c1cccc([C@@H](C)O)n1.